The Hall–Kier alpha value is -1.70. The van der Waals surface area contributed by atoms with Crippen molar-refractivity contribution < 1.29 is 17.9 Å². The lowest BCUT2D eigenvalue weighted by atomic mass is 9.98. The highest BCUT2D eigenvalue weighted by Gasteiger charge is 2.33. The van der Waals surface area contributed by atoms with E-state index in [0.29, 0.717) is 30.1 Å². The molecule has 0 saturated carbocycles. The topological polar surface area (TPSA) is 63.7 Å². The number of sulfonamides is 1. The number of piperidine rings is 1. The molecule has 0 radical (unpaired) electrons. The van der Waals surface area contributed by atoms with Gasteiger partial charge in [0.2, 0.25) is 0 Å². The van der Waals surface area contributed by atoms with E-state index < -0.39 is 10.0 Å². The SMILES string of the molecule is C[C@@H](OC(=O)C1CCN(S(=O)(=O)c2cccs2)CC1)c1ccccc1. The molecule has 1 aliphatic heterocycles. The molecule has 0 aliphatic carbocycles. The summed E-state index contributed by atoms with van der Waals surface area (Å²) in [6, 6.07) is 12.9. The second-order valence-corrected chi connectivity index (χ2v) is 9.21. The average Bonchev–Trinajstić information content (AvgIpc) is 3.18. The van der Waals surface area contributed by atoms with Gasteiger partial charge in [-0.2, -0.15) is 4.31 Å². The summed E-state index contributed by atoms with van der Waals surface area (Å²) in [5.41, 5.74) is 0.952. The highest BCUT2D eigenvalue weighted by Crippen LogP contribution is 2.28. The summed E-state index contributed by atoms with van der Waals surface area (Å²) >= 11 is 1.22. The van der Waals surface area contributed by atoms with E-state index in [2.05, 4.69) is 0 Å². The number of hydrogen-bond donors (Lipinski definition) is 0. The van der Waals surface area contributed by atoms with Crippen molar-refractivity contribution in [3.05, 3.63) is 53.4 Å². The second-order valence-electron chi connectivity index (χ2n) is 6.10. The van der Waals surface area contributed by atoms with E-state index in [1.54, 1.807) is 17.5 Å². The Balaban J connectivity index is 1.56. The van der Waals surface area contributed by atoms with Gasteiger partial charge in [-0.1, -0.05) is 36.4 Å². The Bertz CT molecular complexity index is 795. The van der Waals surface area contributed by atoms with Gasteiger partial charge in [-0.05, 0) is 36.8 Å². The van der Waals surface area contributed by atoms with Crippen LogP contribution < -0.4 is 0 Å². The fraction of sp³-hybridized carbons (Fsp3) is 0.389. The molecule has 7 heteroatoms. The molecule has 25 heavy (non-hydrogen) atoms. The van der Waals surface area contributed by atoms with Crippen molar-refractivity contribution in [1.29, 1.82) is 0 Å². The van der Waals surface area contributed by atoms with Crippen LogP contribution >= 0.6 is 11.3 Å². The summed E-state index contributed by atoms with van der Waals surface area (Å²) in [5.74, 6) is -0.495. The van der Waals surface area contributed by atoms with Gasteiger partial charge < -0.3 is 4.74 Å². The Morgan fingerprint density at radius 3 is 2.44 bits per heavy atom. The highest BCUT2D eigenvalue weighted by atomic mass is 32.2. The molecule has 1 fully saturated rings. The quantitative estimate of drug-likeness (QED) is 0.747. The maximum absolute atomic E-state index is 12.5. The second kappa shape index (κ2) is 7.68. The molecule has 1 atom stereocenters. The molecule has 1 aromatic heterocycles. The average molecular weight is 380 g/mol. The molecule has 0 bridgehead atoms. The summed E-state index contributed by atoms with van der Waals surface area (Å²) in [4.78, 5) is 12.4. The van der Waals surface area contributed by atoms with E-state index in [0.717, 1.165) is 5.56 Å². The normalized spacial score (nSPS) is 18.0. The maximum Gasteiger partial charge on any atom is 0.309 e. The molecule has 0 unspecified atom stereocenters. The Morgan fingerprint density at radius 2 is 1.84 bits per heavy atom. The molecule has 0 amide bonds. The lowest BCUT2D eigenvalue weighted by Crippen LogP contribution is -2.40. The van der Waals surface area contributed by atoms with Crippen molar-refractivity contribution in [3.8, 4) is 0 Å². The number of thiophene rings is 1. The highest BCUT2D eigenvalue weighted by molar-refractivity contribution is 7.91. The van der Waals surface area contributed by atoms with E-state index >= 15 is 0 Å². The summed E-state index contributed by atoms with van der Waals surface area (Å²) < 4.78 is 32.4. The molecule has 0 N–H and O–H groups in total. The van der Waals surface area contributed by atoms with E-state index in [-0.39, 0.29) is 18.0 Å². The van der Waals surface area contributed by atoms with Gasteiger partial charge in [0.25, 0.3) is 10.0 Å². The summed E-state index contributed by atoms with van der Waals surface area (Å²) in [5, 5.41) is 1.75. The van der Waals surface area contributed by atoms with E-state index in [4.69, 9.17) is 4.74 Å². The van der Waals surface area contributed by atoms with Crippen LogP contribution in [-0.2, 0) is 19.6 Å². The lowest BCUT2D eigenvalue weighted by Gasteiger charge is -2.30. The predicted octanol–water partition coefficient (Wildman–Crippen LogP) is 3.45. The Kier molecular flexibility index (Phi) is 5.56. The smallest absolute Gasteiger partial charge is 0.309 e. The van der Waals surface area contributed by atoms with Crippen LogP contribution in [0.5, 0.6) is 0 Å². The first kappa shape index (κ1) is 18.1. The first-order chi connectivity index (χ1) is 12.0. The zero-order chi connectivity index (χ0) is 17.9. The van der Waals surface area contributed by atoms with Gasteiger partial charge in [-0.15, -0.1) is 11.3 Å². The van der Waals surface area contributed by atoms with Crippen LogP contribution in [0.2, 0.25) is 0 Å². The van der Waals surface area contributed by atoms with Crippen molar-refractivity contribution in [1.82, 2.24) is 4.31 Å². The fourth-order valence-electron chi connectivity index (χ4n) is 2.93. The van der Waals surface area contributed by atoms with Crippen LogP contribution in [0.25, 0.3) is 0 Å². The minimum absolute atomic E-state index is 0.246. The van der Waals surface area contributed by atoms with Crippen LogP contribution in [-0.4, -0.2) is 31.8 Å². The van der Waals surface area contributed by atoms with E-state index in [1.807, 2.05) is 37.3 Å². The zero-order valence-corrected chi connectivity index (χ0v) is 15.6. The van der Waals surface area contributed by atoms with Gasteiger partial charge in [0.1, 0.15) is 10.3 Å². The maximum atomic E-state index is 12.5. The largest absolute Gasteiger partial charge is 0.458 e. The fourth-order valence-corrected chi connectivity index (χ4v) is 5.55. The molecule has 2 aromatic rings. The van der Waals surface area contributed by atoms with E-state index in [9.17, 15) is 13.2 Å². The number of esters is 1. The lowest BCUT2D eigenvalue weighted by molar-refractivity contribution is -0.155. The summed E-state index contributed by atoms with van der Waals surface area (Å²) in [7, 11) is -3.43. The molecular weight excluding hydrogens is 358 g/mol. The number of carbonyl (C=O) groups excluding carboxylic acids is 1. The predicted molar refractivity (Wildman–Crippen MR) is 96.8 cm³/mol. The van der Waals surface area contributed by atoms with Crippen molar-refractivity contribution >= 4 is 27.3 Å². The molecule has 1 aromatic carbocycles. The Labute approximate surface area is 152 Å². The molecule has 5 nitrogen and oxygen atoms in total. The van der Waals surface area contributed by atoms with E-state index in [1.165, 1.54) is 15.6 Å². The van der Waals surface area contributed by atoms with Gasteiger partial charge in [0, 0.05) is 13.1 Å². The number of hydrogen-bond acceptors (Lipinski definition) is 5. The molecule has 3 rings (SSSR count). The molecule has 1 aliphatic rings. The van der Waals surface area contributed by atoms with Gasteiger partial charge in [-0.25, -0.2) is 8.42 Å². The number of ether oxygens (including phenoxy) is 1. The van der Waals surface area contributed by atoms with Crippen LogP contribution in [0.1, 0.15) is 31.4 Å². The minimum Gasteiger partial charge on any atom is -0.458 e. The third-order valence-electron chi connectivity index (χ3n) is 4.44. The van der Waals surface area contributed by atoms with Gasteiger partial charge in [0.05, 0.1) is 5.92 Å². The first-order valence-corrected chi connectivity index (χ1v) is 10.6. The van der Waals surface area contributed by atoms with Crippen molar-refractivity contribution in [2.24, 2.45) is 5.92 Å². The van der Waals surface area contributed by atoms with Crippen LogP contribution in [0.4, 0.5) is 0 Å². The molecular formula is C18H21NO4S2. The van der Waals surface area contributed by atoms with Crippen LogP contribution in [0.3, 0.4) is 0 Å². The minimum atomic E-state index is -3.43. The standard InChI is InChI=1S/C18H21NO4S2/c1-14(15-6-3-2-4-7-15)23-18(20)16-9-11-19(12-10-16)25(21,22)17-8-5-13-24-17/h2-8,13-14,16H,9-12H2,1H3/t14-/m1/s1. The summed E-state index contributed by atoms with van der Waals surface area (Å²) in [6.45, 7) is 2.54. The van der Waals surface area contributed by atoms with Gasteiger partial charge in [0.15, 0.2) is 0 Å². The van der Waals surface area contributed by atoms with Crippen molar-refractivity contribution in [2.45, 2.75) is 30.1 Å². The molecule has 1 saturated heterocycles. The number of rotatable bonds is 5. The summed E-state index contributed by atoms with van der Waals surface area (Å²) in [6.07, 6.45) is 0.678. The van der Waals surface area contributed by atoms with Crippen LogP contribution in [0, 0.1) is 5.92 Å². The Morgan fingerprint density at radius 1 is 1.16 bits per heavy atom. The molecule has 0 spiro atoms. The molecule has 134 valence electrons. The zero-order valence-electron chi connectivity index (χ0n) is 14.0. The van der Waals surface area contributed by atoms with Crippen molar-refractivity contribution in [2.75, 3.05) is 13.1 Å². The monoisotopic (exact) mass is 379 g/mol. The number of nitrogens with zero attached hydrogens (tertiary/aromatic N) is 1. The van der Waals surface area contributed by atoms with Gasteiger partial charge >= 0.3 is 5.97 Å². The van der Waals surface area contributed by atoms with Crippen molar-refractivity contribution in [3.63, 3.8) is 0 Å². The van der Waals surface area contributed by atoms with Gasteiger partial charge in [-0.3, -0.25) is 4.79 Å². The first-order valence-electron chi connectivity index (χ1n) is 8.27. The third-order valence-corrected chi connectivity index (χ3v) is 7.71. The third kappa shape index (κ3) is 4.11. The number of benzene rings is 1. The number of carbonyl (C=O) groups is 1. The molecule has 2 heterocycles. The van der Waals surface area contributed by atoms with Crippen LogP contribution in [0.15, 0.2) is 52.1 Å².